The zero-order chi connectivity index (χ0) is 11.8. The Kier molecular flexibility index (Phi) is 7.30. The molecule has 1 rings (SSSR count). The van der Waals surface area contributed by atoms with E-state index in [-0.39, 0.29) is 0 Å². The molecule has 0 amide bonds. The first-order valence-electron chi connectivity index (χ1n) is 6.75. The maximum Gasteiger partial charge on any atom is 0.0329 e. The van der Waals surface area contributed by atoms with Crippen molar-refractivity contribution in [3.8, 4) is 0 Å². The molecule has 1 fully saturated rings. The molecule has 16 heavy (non-hydrogen) atoms. The van der Waals surface area contributed by atoms with Gasteiger partial charge in [0.25, 0.3) is 0 Å². The van der Waals surface area contributed by atoms with Gasteiger partial charge in [-0.15, -0.1) is 0 Å². The third kappa shape index (κ3) is 6.00. The number of nitrogens with one attached hydrogen (secondary N) is 1. The highest BCUT2D eigenvalue weighted by Crippen LogP contribution is 2.17. The topological polar surface area (TPSA) is 29.1 Å². The zero-order valence-electron chi connectivity index (χ0n) is 10.8. The van der Waals surface area contributed by atoms with Crippen molar-refractivity contribution < 1.29 is 4.21 Å². The number of hydrogen-bond acceptors (Lipinski definition) is 2. The summed E-state index contributed by atoms with van der Waals surface area (Å²) in [6.45, 7) is 3.11. The highest BCUT2D eigenvalue weighted by Gasteiger charge is 2.11. The molecule has 1 aliphatic carbocycles. The summed E-state index contributed by atoms with van der Waals surface area (Å²) in [6.07, 6.45) is 12.5. The van der Waals surface area contributed by atoms with Crippen molar-refractivity contribution >= 4 is 10.8 Å². The number of rotatable bonds is 5. The maximum atomic E-state index is 11.2. The minimum absolute atomic E-state index is 0.334. The lowest BCUT2D eigenvalue weighted by molar-refractivity contribution is 0.388. The molecule has 0 heterocycles. The van der Waals surface area contributed by atoms with Gasteiger partial charge < -0.3 is 5.32 Å². The van der Waals surface area contributed by atoms with Crippen molar-refractivity contribution in [1.29, 1.82) is 0 Å². The quantitative estimate of drug-likeness (QED) is 0.807. The van der Waals surface area contributed by atoms with E-state index in [1.54, 1.807) is 6.26 Å². The lowest BCUT2D eigenvalue weighted by atomic mass is 9.97. The van der Waals surface area contributed by atoms with Gasteiger partial charge >= 0.3 is 0 Å². The summed E-state index contributed by atoms with van der Waals surface area (Å²) in [5.41, 5.74) is 0. The first-order chi connectivity index (χ1) is 7.70. The summed E-state index contributed by atoms with van der Waals surface area (Å²) in [6, 6.07) is 0.720. The standard InChI is InChI=1S/C13H27NOS/c1-12(16(2)15)10-11-14-13-8-6-4-3-5-7-9-13/h12-14H,3-11H2,1-2H3. The van der Waals surface area contributed by atoms with E-state index in [0.29, 0.717) is 5.25 Å². The van der Waals surface area contributed by atoms with E-state index >= 15 is 0 Å². The summed E-state index contributed by atoms with van der Waals surface area (Å²) in [5, 5.41) is 3.98. The van der Waals surface area contributed by atoms with Crippen LogP contribution in [0.1, 0.15) is 58.3 Å². The average molecular weight is 245 g/mol. The SMILES string of the molecule is CC(CCNC1CCCCCCC1)S(C)=O. The smallest absolute Gasteiger partial charge is 0.0329 e. The van der Waals surface area contributed by atoms with E-state index < -0.39 is 10.8 Å². The third-order valence-electron chi connectivity index (χ3n) is 3.66. The van der Waals surface area contributed by atoms with Crippen LogP contribution >= 0.6 is 0 Å². The molecule has 3 heteroatoms. The highest BCUT2D eigenvalue weighted by atomic mass is 32.2. The fourth-order valence-corrected chi connectivity index (χ4v) is 2.77. The minimum Gasteiger partial charge on any atom is -0.314 e. The largest absolute Gasteiger partial charge is 0.314 e. The molecule has 96 valence electrons. The second-order valence-electron chi connectivity index (χ2n) is 5.09. The molecule has 0 aromatic rings. The molecule has 0 spiro atoms. The first kappa shape index (κ1) is 14.2. The van der Waals surface area contributed by atoms with Gasteiger partial charge in [0, 0.05) is 28.3 Å². The van der Waals surface area contributed by atoms with Crippen LogP contribution in [0, 0.1) is 0 Å². The third-order valence-corrected chi connectivity index (χ3v) is 5.02. The van der Waals surface area contributed by atoms with Gasteiger partial charge in [-0.3, -0.25) is 4.21 Å². The van der Waals surface area contributed by atoms with Crippen LogP contribution in [0.5, 0.6) is 0 Å². The van der Waals surface area contributed by atoms with Gasteiger partial charge in [-0.2, -0.15) is 0 Å². The average Bonchev–Trinajstić information content (AvgIpc) is 2.20. The van der Waals surface area contributed by atoms with Crippen molar-refractivity contribution in [2.24, 2.45) is 0 Å². The van der Waals surface area contributed by atoms with Crippen LogP contribution in [0.2, 0.25) is 0 Å². The Balaban J connectivity index is 2.12. The summed E-state index contributed by atoms with van der Waals surface area (Å²) in [7, 11) is -0.663. The minimum atomic E-state index is -0.663. The predicted molar refractivity (Wildman–Crippen MR) is 72.3 cm³/mol. The molecule has 2 unspecified atom stereocenters. The summed E-state index contributed by atoms with van der Waals surface area (Å²) in [4.78, 5) is 0. The van der Waals surface area contributed by atoms with Crippen molar-refractivity contribution in [1.82, 2.24) is 5.32 Å². The summed E-state index contributed by atoms with van der Waals surface area (Å²) >= 11 is 0. The van der Waals surface area contributed by atoms with Gasteiger partial charge in [-0.25, -0.2) is 0 Å². The fraction of sp³-hybridized carbons (Fsp3) is 1.00. The van der Waals surface area contributed by atoms with Crippen molar-refractivity contribution in [3.63, 3.8) is 0 Å². The van der Waals surface area contributed by atoms with Crippen LogP contribution in [0.15, 0.2) is 0 Å². The van der Waals surface area contributed by atoms with Crippen LogP contribution in [-0.2, 0) is 10.8 Å². The molecule has 1 saturated carbocycles. The highest BCUT2D eigenvalue weighted by molar-refractivity contribution is 7.84. The van der Waals surface area contributed by atoms with Crippen molar-refractivity contribution in [2.75, 3.05) is 12.8 Å². The van der Waals surface area contributed by atoms with E-state index in [0.717, 1.165) is 19.0 Å². The Morgan fingerprint density at radius 3 is 2.31 bits per heavy atom. The zero-order valence-corrected chi connectivity index (χ0v) is 11.7. The summed E-state index contributed by atoms with van der Waals surface area (Å²) in [5.74, 6) is 0. The van der Waals surface area contributed by atoms with E-state index in [1.165, 1.54) is 44.9 Å². The molecule has 0 aromatic heterocycles. The van der Waals surface area contributed by atoms with Crippen LogP contribution < -0.4 is 5.32 Å². The van der Waals surface area contributed by atoms with Gasteiger partial charge in [0.05, 0.1) is 0 Å². The van der Waals surface area contributed by atoms with Gasteiger partial charge in [-0.1, -0.05) is 39.0 Å². The van der Waals surface area contributed by atoms with Crippen LogP contribution in [0.25, 0.3) is 0 Å². The Hall–Kier alpha value is 0.110. The fourth-order valence-electron chi connectivity index (χ4n) is 2.32. The lowest BCUT2D eigenvalue weighted by Gasteiger charge is -2.21. The van der Waals surface area contributed by atoms with Gasteiger partial charge in [-0.05, 0) is 25.8 Å². The molecule has 0 aromatic carbocycles. The maximum absolute atomic E-state index is 11.2. The molecule has 1 aliphatic rings. The van der Waals surface area contributed by atoms with Gasteiger partial charge in [0.1, 0.15) is 0 Å². The Morgan fingerprint density at radius 2 is 1.75 bits per heavy atom. The predicted octanol–water partition coefficient (Wildman–Crippen LogP) is 2.85. The molecule has 0 radical (unpaired) electrons. The van der Waals surface area contributed by atoms with E-state index in [4.69, 9.17) is 0 Å². The van der Waals surface area contributed by atoms with Gasteiger partial charge in [0.2, 0.25) is 0 Å². The van der Waals surface area contributed by atoms with Crippen LogP contribution in [0.3, 0.4) is 0 Å². The van der Waals surface area contributed by atoms with Crippen LogP contribution in [-0.4, -0.2) is 28.3 Å². The normalized spacial score (nSPS) is 23.4. The molecule has 0 bridgehead atoms. The van der Waals surface area contributed by atoms with E-state index in [9.17, 15) is 4.21 Å². The summed E-state index contributed by atoms with van der Waals surface area (Å²) < 4.78 is 11.2. The monoisotopic (exact) mass is 245 g/mol. The molecule has 0 saturated heterocycles. The molecular formula is C13H27NOS. The van der Waals surface area contributed by atoms with Crippen LogP contribution in [0.4, 0.5) is 0 Å². The molecule has 2 nitrogen and oxygen atoms in total. The molecule has 1 N–H and O–H groups in total. The van der Waals surface area contributed by atoms with E-state index in [1.807, 2.05) is 0 Å². The van der Waals surface area contributed by atoms with Crippen molar-refractivity contribution in [2.45, 2.75) is 69.6 Å². The van der Waals surface area contributed by atoms with E-state index in [2.05, 4.69) is 12.2 Å². The second-order valence-corrected chi connectivity index (χ2v) is 6.90. The molecule has 0 aliphatic heterocycles. The lowest BCUT2D eigenvalue weighted by Crippen LogP contribution is -2.32. The Labute approximate surface area is 103 Å². The second kappa shape index (κ2) is 8.24. The number of hydrogen-bond donors (Lipinski definition) is 1. The first-order valence-corrected chi connectivity index (χ1v) is 8.38. The Bertz CT molecular complexity index is 200. The van der Waals surface area contributed by atoms with Crippen molar-refractivity contribution in [3.05, 3.63) is 0 Å². The van der Waals surface area contributed by atoms with Gasteiger partial charge in [0.15, 0.2) is 0 Å². The molecular weight excluding hydrogens is 218 g/mol. The molecule has 2 atom stereocenters. The Morgan fingerprint density at radius 1 is 1.19 bits per heavy atom.